The number of hydrogen-bond acceptors (Lipinski definition) is 2. The summed E-state index contributed by atoms with van der Waals surface area (Å²) in [6, 6.07) is 0. The standard InChI is InChI=1S/C21H34O2/c1-4-21(23)12-9-18-16-6-5-14-13-15(22)7-10-19(14,2)17(16)8-11-20(18,21)3/h5,15-18,22-23H,4,6-13H2,1-3H3/t15-,16+,17+,18+,19-,20-,21-/m0/s1. The number of fused-ring (bicyclic) bond motifs is 5. The van der Waals surface area contributed by atoms with Crippen molar-refractivity contribution >= 4 is 0 Å². The second-order valence-corrected chi connectivity index (χ2v) is 9.54. The van der Waals surface area contributed by atoms with E-state index in [1.165, 1.54) is 25.7 Å². The molecular formula is C21H34O2. The number of aliphatic hydroxyl groups excluding tert-OH is 1. The largest absolute Gasteiger partial charge is 0.393 e. The molecule has 0 saturated heterocycles. The van der Waals surface area contributed by atoms with Crippen molar-refractivity contribution in [2.24, 2.45) is 28.6 Å². The molecule has 3 saturated carbocycles. The van der Waals surface area contributed by atoms with Gasteiger partial charge in [0.2, 0.25) is 0 Å². The van der Waals surface area contributed by atoms with Crippen LogP contribution in [0, 0.1) is 28.6 Å². The summed E-state index contributed by atoms with van der Waals surface area (Å²) in [4.78, 5) is 0. The Morgan fingerprint density at radius 3 is 2.57 bits per heavy atom. The van der Waals surface area contributed by atoms with Crippen LogP contribution in [0.25, 0.3) is 0 Å². The van der Waals surface area contributed by atoms with E-state index in [9.17, 15) is 10.2 Å². The molecule has 3 fully saturated rings. The highest BCUT2D eigenvalue weighted by atomic mass is 16.3. The Kier molecular flexibility index (Phi) is 3.57. The quantitative estimate of drug-likeness (QED) is 0.701. The van der Waals surface area contributed by atoms with Crippen molar-refractivity contribution in [1.29, 1.82) is 0 Å². The van der Waals surface area contributed by atoms with Gasteiger partial charge in [0.05, 0.1) is 11.7 Å². The van der Waals surface area contributed by atoms with Gasteiger partial charge in [-0.05, 0) is 86.4 Å². The molecule has 0 bridgehead atoms. The molecule has 2 heteroatoms. The van der Waals surface area contributed by atoms with Gasteiger partial charge in [-0.3, -0.25) is 0 Å². The van der Waals surface area contributed by atoms with Crippen molar-refractivity contribution in [3.63, 3.8) is 0 Å². The van der Waals surface area contributed by atoms with Crippen LogP contribution in [0.15, 0.2) is 11.6 Å². The second kappa shape index (κ2) is 5.08. The van der Waals surface area contributed by atoms with E-state index in [4.69, 9.17) is 0 Å². The maximum atomic E-state index is 11.2. The van der Waals surface area contributed by atoms with Crippen LogP contribution in [0.5, 0.6) is 0 Å². The zero-order chi connectivity index (χ0) is 16.5. The normalized spacial score (nSPS) is 55.6. The van der Waals surface area contributed by atoms with Crippen LogP contribution in [0.3, 0.4) is 0 Å². The minimum Gasteiger partial charge on any atom is -0.393 e. The van der Waals surface area contributed by atoms with Gasteiger partial charge in [0.1, 0.15) is 0 Å². The molecule has 0 aromatic rings. The Morgan fingerprint density at radius 1 is 1.09 bits per heavy atom. The zero-order valence-corrected chi connectivity index (χ0v) is 15.1. The van der Waals surface area contributed by atoms with Gasteiger partial charge in [0.15, 0.2) is 0 Å². The smallest absolute Gasteiger partial charge is 0.0701 e. The summed E-state index contributed by atoms with van der Waals surface area (Å²) in [5.74, 6) is 2.21. The summed E-state index contributed by atoms with van der Waals surface area (Å²) in [6.07, 6.45) is 12.2. The molecule has 4 rings (SSSR count). The van der Waals surface area contributed by atoms with E-state index in [-0.39, 0.29) is 11.5 Å². The highest BCUT2D eigenvalue weighted by Gasteiger charge is 2.62. The molecule has 2 nitrogen and oxygen atoms in total. The van der Waals surface area contributed by atoms with Crippen LogP contribution < -0.4 is 0 Å². The van der Waals surface area contributed by atoms with E-state index in [0.717, 1.165) is 43.9 Å². The fourth-order valence-corrected chi connectivity index (χ4v) is 7.33. The van der Waals surface area contributed by atoms with Gasteiger partial charge in [-0.1, -0.05) is 32.4 Å². The van der Waals surface area contributed by atoms with Gasteiger partial charge < -0.3 is 10.2 Å². The maximum Gasteiger partial charge on any atom is 0.0701 e. The van der Waals surface area contributed by atoms with Gasteiger partial charge in [-0.15, -0.1) is 0 Å². The molecule has 4 aliphatic carbocycles. The number of allylic oxidation sites excluding steroid dienone is 1. The molecule has 130 valence electrons. The first-order valence-electron chi connectivity index (χ1n) is 9.94. The fraction of sp³-hybridized carbons (Fsp3) is 0.905. The third-order valence-electron chi connectivity index (χ3n) is 8.98. The van der Waals surface area contributed by atoms with E-state index in [1.807, 2.05) is 0 Å². The van der Waals surface area contributed by atoms with Crippen LogP contribution in [0.2, 0.25) is 0 Å². The highest BCUT2D eigenvalue weighted by molar-refractivity contribution is 5.26. The summed E-state index contributed by atoms with van der Waals surface area (Å²) in [6.45, 7) is 7.03. The molecule has 0 spiro atoms. The van der Waals surface area contributed by atoms with Crippen LogP contribution in [0.4, 0.5) is 0 Å². The highest BCUT2D eigenvalue weighted by Crippen LogP contribution is 2.67. The lowest BCUT2D eigenvalue weighted by atomic mass is 9.47. The third-order valence-corrected chi connectivity index (χ3v) is 8.98. The van der Waals surface area contributed by atoms with Gasteiger partial charge >= 0.3 is 0 Å². The lowest BCUT2D eigenvalue weighted by Crippen LogP contribution is -2.54. The Balaban J connectivity index is 1.68. The summed E-state index contributed by atoms with van der Waals surface area (Å²) in [5, 5.41) is 21.3. The molecule has 23 heavy (non-hydrogen) atoms. The lowest BCUT2D eigenvalue weighted by Gasteiger charge is -2.59. The van der Waals surface area contributed by atoms with Gasteiger partial charge in [0, 0.05) is 0 Å². The molecule has 0 aromatic heterocycles. The molecule has 0 heterocycles. The number of rotatable bonds is 1. The van der Waals surface area contributed by atoms with Crippen molar-refractivity contribution < 1.29 is 10.2 Å². The first kappa shape index (κ1) is 16.1. The molecule has 0 radical (unpaired) electrons. The molecule has 7 atom stereocenters. The number of aliphatic hydroxyl groups is 2. The average molecular weight is 319 g/mol. The Bertz CT molecular complexity index is 526. The average Bonchev–Trinajstić information content (AvgIpc) is 2.80. The summed E-state index contributed by atoms with van der Waals surface area (Å²) < 4.78 is 0. The first-order chi connectivity index (χ1) is 10.8. The molecule has 0 aromatic carbocycles. The Hall–Kier alpha value is -0.340. The van der Waals surface area contributed by atoms with Gasteiger partial charge in [-0.25, -0.2) is 0 Å². The second-order valence-electron chi connectivity index (χ2n) is 9.54. The van der Waals surface area contributed by atoms with Crippen molar-refractivity contribution in [3.05, 3.63) is 11.6 Å². The monoisotopic (exact) mass is 318 g/mol. The summed E-state index contributed by atoms with van der Waals surface area (Å²) in [7, 11) is 0. The van der Waals surface area contributed by atoms with Crippen LogP contribution in [-0.4, -0.2) is 21.9 Å². The molecule has 0 amide bonds. The van der Waals surface area contributed by atoms with Gasteiger partial charge in [-0.2, -0.15) is 0 Å². The predicted octanol–water partition coefficient (Wildman–Crippen LogP) is 4.45. The summed E-state index contributed by atoms with van der Waals surface area (Å²) >= 11 is 0. The number of hydrogen-bond donors (Lipinski definition) is 2. The van der Waals surface area contributed by atoms with E-state index in [2.05, 4.69) is 26.8 Å². The minimum absolute atomic E-state index is 0.114. The van der Waals surface area contributed by atoms with Crippen molar-refractivity contribution in [2.75, 3.05) is 0 Å². The van der Waals surface area contributed by atoms with Crippen molar-refractivity contribution in [1.82, 2.24) is 0 Å². The van der Waals surface area contributed by atoms with E-state index < -0.39 is 5.60 Å². The van der Waals surface area contributed by atoms with Crippen molar-refractivity contribution in [3.8, 4) is 0 Å². The zero-order valence-electron chi connectivity index (χ0n) is 15.1. The minimum atomic E-state index is -0.434. The Labute approximate surface area is 141 Å². The molecule has 2 N–H and O–H groups in total. The predicted molar refractivity (Wildman–Crippen MR) is 93.0 cm³/mol. The van der Waals surface area contributed by atoms with Gasteiger partial charge in [0.25, 0.3) is 0 Å². The van der Waals surface area contributed by atoms with E-state index >= 15 is 0 Å². The molecule has 4 aliphatic rings. The van der Waals surface area contributed by atoms with E-state index in [0.29, 0.717) is 11.3 Å². The topological polar surface area (TPSA) is 40.5 Å². The molecular weight excluding hydrogens is 284 g/mol. The lowest BCUT2D eigenvalue weighted by molar-refractivity contribution is -0.125. The maximum absolute atomic E-state index is 11.2. The third kappa shape index (κ3) is 2.00. The molecule has 0 unspecified atom stereocenters. The van der Waals surface area contributed by atoms with Crippen molar-refractivity contribution in [2.45, 2.75) is 90.3 Å². The van der Waals surface area contributed by atoms with Crippen LogP contribution in [-0.2, 0) is 0 Å². The summed E-state index contributed by atoms with van der Waals surface area (Å²) in [5.41, 5.74) is 1.55. The molecule has 0 aliphatic heterocycles. The fourth-order valence-electron chi connectivity index (χ4n) is 7.33. The first-order valence-corrected chi connectivity index (χ1v) is 9.94. The van der Waals surface area contributed by atoms with Crippen LogP contribution >= 0.6 is 0 Å². The Morgan fingerprint density at radius 2 is 1.83 bits per heavy atom. The van der Waals surface area contributed by atoms with E-state index in [1.54, 1.807) is 5.57 Å². The van der Waals surface area contributed by atoms with Crippen LogP contribution in [0.1, 0.15) is 78.6 Å². The SMILES string of the molecule is CC[C@]1(O)CC[C@@H]2[C@@H]3CC=C4C[C@@H](O)CC[C@]4(C)[C@@H]3CC[C@@]21C.